The summed E-state index contributed by atoms with van der Waals surface area (Å²) in [5.74, 6) is 0.678. The molecule has 4 aromatic rings. The maximum absolute atomic E-state index is 14.0. The molecule has 2 unspecified atom stereocenters. The summed E-state index contributed by atoms with van der Waals surface area (Å²) in [5.41, 5.74) is 5.62. The van der Waals surface area contributed by atoms with E-state index in [0.29, 0.717) is 32.4 Å². The van der Waals surface area contributed by atoms with Crippen LogP contribution in [0, 0.1) is 5.82 Å². The van der Waals surface area contributed by atoms with E-state index in [1.807, 2.05) is 6.07 Å². The number of methoxy groups -OCH3 is 1. The number of hydrogen-bond acceptors (Lipinski definition) is 5. The fraction of sp³-hybridized carbons (Fsp3) is 0.435. The van der Waals surface area contributed by atoms with Gasteiger partial charge in [0.1, 0.15) is 11.6 Å². The maximum atomic E-state index is 14.0. The Bertz CT molecular complexity index is 1740. The van der Waals surface area contributed by atoms with Gasteiger partial charge in [-0.1, -0.05) is 78.9 Å². The minimum absolute atomic E-state index is 0.00472. The molecule has 6 rings (SSSR count). The quantitative estimate of drug-likeness (QED) is 0.103. The lowest BCUT2D eigenvalue weighted by molar-refractivity contribution is -0.128. The molecule has 2 N–H and O–H groups in total. The zero-order valence-electron chi connectivity index (χ0n) is 32.1. The smallest absolute Gasteiger partial charge is 0.237 e. The van der Waals surface area contributed by atoms with Crippen molar-refractivity contribution in [2.75, 3.05) is 46.4 Å². The van der Waals surface area contributed by atoms with Crippen molar-refractivity contribution in [2.45, 2.75) is 82.2 Å². The first-order chi connectivity index (χ1) is 26.4. The number of aryl methyl sites for hydroxylation is 1. The Balaban J connectivity index is 1.17. The van der Waals surface area contributed by atoms with Gasteiger partial charge in [0.05, 0.1) is 13.2 Å². The molecule has 1 saturated heterocycles. The number of hydrogen-bond donors (Lipinski definition) is 2. The van der Waals surface area contributed by atoms with Crippen molar-refractivity contribution in [3.8, 4) is 5.75 Å². The zero-order valence-corrected chi connectivity index (χ0v) is 32.1. The third-order valence-electron chi connectivity index (χ3n) is 11.7. The normalized spacial score (nSPS) is 17.5. The van der Waals surface area contributed by atoms with E-state index >= 15 is 0 Å². The molecule has 0 aromatic heterocycles. The third kappa shape index (κ3) is 9.96. The van der Waals surface area contributed by atoms with Crippen molar-refractivity contribution in [1.82, 2.24) is 20.4 Å². The Hall–Kier alpha value is -4.53. The molecule has 2 aliphatic rings. The number of carbonyl (C=O) groups excluding carboxylic acids is 2. The van der Waals surface area contributed by atoms with Gasteiger partial charge in [0.2, 0.25) is 11.8 Å². The molecular weight excluding hydrogens is 676 g/mol. The molecule has 2 amide bonds. The van der Waals surface area contributed by atoms with E-state index in [0.717, 1.165) is 63.2 Å². The number of rotatable bonds is 18. The van der Waals surface area contributed by atoms with Gasteiger partial charge in [0, 0.05) is 37.5 Å². The highest BCUT2D eigenvalue weighted by molar-refractivity contribution is 5.82. The first-order valence-electron chi connectivity index (χ1n) is 19.9. The standard InChI is InChI=1S/C46H57FN4O3/c1-35-42-34-41(54-2)23-20-37(42)33-43(45(53)49-28-32-50-29-9-10-30-50)51(35)31-12-26-46(38-13-5-3-6-14-38,39-15-7-4-8-16-39)25-11-27-48-44(52)24-19-36-17-21-40(47)22-18-36/h3-8,13-18,20-23,34-35,43H,9-12,19,24-33H2,1-2H3,(H,48,52)(H,49,53). The van der Waals surface area contributed by atoms with E-state index in [2.05, 4.69) is 100 Å². The van der Waals surface area contributed by atoms with Crippen LogP contribution in [0.15, 0.2) is 103 Å². The van der Waals surface area contributed by atoms with Gasteiger partial charge in [-0.3, -0.25) is 14.5 Å². The summed E-state index contributed by atoms with van der Waals surface area (Å²) >= 11 is 0. The van der Waals surface area contributed by atoms with Gasteiger partial charge >= 0.3 is 0 Å². The average Bonchev–Trinajstić information content (AvgIpc) is 3.73. The fourth-order valence-corrected chi connectivity index (χ4v) is 8.67. The van der Waals surface area contributed by atoms with Crippen LogP contribution in [0.1, 0.15) is 85.7 Å². The Morgan fingerprint density at radius 3 is 2.15 bits per heavy atom. The van der Waals surface area contributed by atoms with Crippen LogP contribution >= 0.6 is 0 Å². The van der Waals surface area contributed by atoms with Crippen LogP contribution in [0.5, 0.6) is 5.75 Å². The number of nitrogens with one attached hydrogen (secondary N) is 2. The predicted molar refractivity (Wildman–Crippen MR) is 214 cm³/mol. The topological polar surface area (TPSA) is 73.9 Å². The molecular formula is C46H57FN4O3. The van der Waals surface area contributed by atoms with Crippen LogP contribution in [0.4, 0.5) is 4.39 Å². The maximum Gasteiger partial charge on any atom is 0.237 e. The molecule has 0 aliphatic carbocycles. The number of likely N-dealkylation sites (tertiary alicyclic amines) is 1. The largest absolute Gasteiger partial charge is 0.497 e. The van der Waals surface area contributed by atoms with Crippen LogP contribution in [0.25, 0.3) is 0 Å². The first kappa shape index (κ1) is 39.2. The third-order valence-corrected chi connectivity index (χ3v) is 11.7. The molecule has 2 aliphatic heterocycles. The predicted octanol–water partition coefficient (Wildman–Crippen LogP) is 7.63. The lowest BCUT2D eigenvalue weighted by atomic mass is 9.68. The summed E-state index contributed by atoms with van der Waals surface area (Å²) in [4.78, 5) is 31.7. The molecule has 2 heterocycles. The van der Waals surface area contributed by atoms with Gasteiger partial charge in [-0.25, -0.2) is 4.39 Å². The van der Waals surface area contributed by atoms with E-state index in [-0.39, 0.29) is 35.1 Å². The van der Waals surface area contributed by atoms with Crippen molar-refractivity contribution in [3.05, 3.63) is 137 Å². The van der Waals surface area contributed by atoms with Crippen LogP contribution in [0.2, 0.25) is 0 Å². The van der Waals surface area contributed by atoms with Crippen molar-refractivity contribution in [2.24, 2.45) is 0 Å². The minimum atomic E-state index is -0.283. The van der Waals surface area contributed by atoms with E-state index in [1.165, 1.54) is 47.2 Å². The molecule has 1 fully saturated rings. The molecule has 0 spiro atoms. The Kier molecular flexibility index (Phi) is 13.9. The van der Waals surface area contributed by atoms with Crippen LogP contribution in [-0.2, 0) is 27.8 Å². The molecule has 7 nitrogen and oxygen atoms in total. The van der Waals surface area contributed by atoms with Gasteiger partial charge in [0.15, 0.2) is 0 Å². The summed E-state index contributed by atoms with van der Waals surface area (Å²) in [6.07, 6.45) is 7.52. The molecule has 4 aromatic carbocycles. The number of carbonyl (C=O) groups is 2. The lowest BCUT2D eigenvalue weighted by Gasteiger charge is -2.42. The van der Waals surface area contributed by atoms with Crippen LogP contribution in [-0.4, -0.2) is 74.0 Å². The van der Waals surface area contributed by atoms with Gasteiger partial charge in [-0.2, -0.15) is 0 Å². The van der Waals surface area contributed by atoms with Gasteiger partial charge in [-0.15, -0.1) is 0 Å². The van der Waals surface area contributed by atoms with Gasteiger partial charge in [0.25, 0.3) is 0 Å². The molecule has 0 saturated carbocycles. The zero-order chi connectivity index (χ0) is 37.8. The Morgan fingerprint density at radius 2 is 1.48 bits per heavy atom. The van der Waals surface area contributed by atoms with Crippen LogP contribution < -0.4 is 15.4 Å². The second-order valence-electron chi connectivity index (χ2n) is 15.0. The second kappa shape index (κ2) is 19.2. The highest BCUT2D eigenvalue weighted by atomic mass is 19.1. The first-order valence-corrected chi connectivity index (χ1v) is 19.9. The van der Waals surface area contributed by atoms with E-state index < -0.39 is 0 Å². The molecule has 0 radical (unpaired) electrons. The van der Waals surface area contributed by atoms with Crippen molar-refractivity contribution in [1.29, 1.82) is 0 Å². The van der Waals surface area contributed by atoms with E-state index in [4.69, 9.17) is 4.74 Å². The van der Waals surface area contributed by atoms with Crippen molar-refractivity contribution in [3.63, 3.8) is 0 Å². The number of amides is 2. The van der Waals surface area contributed by atoms with Crippen LogP contribution in [0.3, 0.4) is 0 Å². The summed E-state index contributed by atoms with van der Waals surface area (Å²) in [6, 6.07) is 33.9. The summed E-state index contributed by atoms with van der Waals surface area (Å²) in [7, 11) is 1.70. The Morgan fingerprint density at radius 1 is 0.815 bits per heavy atom. The molecule has 8 heteroatoms. The number of halogens is 1. The number of nitrogens with zero attached hydrogens (tertiary/aromatic N) is 2. The monoisotopic (exact) mass is 732 g/mol. The lowest BCUT2D eigenvalue weighted by Crippen LogP contribution is -2.52. The summed E-state index contributed by atoms with van der Waals surface area (Å²) in [6.45, 7) is 7.36. The molecule has 286 valence electrons. The van der Waals surface area contributed by atoms with Gasteiger partial charge in [-0.05, 0) is 130 Å². The van der Waals surface area contributed by atoms with E-state index in [1.54, 1.807) is 19.2 Å². The molecule has 0 bridgehead atoms. The highest BCUT2D eigenvalue weighted by Crippen LogP contribution is 2.42. The van der Waals surface area contributed by atoms with Gasteiger partial charge < -0.3 is 20.3 Å². The van der Waals surface area contributed by atoms with E-state index in [9.17, 15) is 14.0 Å². The Labute approximate surface area is 321 Å². The van der Waals surface area contributed by atoms with Crippen molar-refractivity contribution >= 4 is 11.8 Å². The minimum Gasteiger partial charge on any atom is -0.497 e. The average molecular weight is 733 g/mol. The summed E-state index contributed by atoms with van der Waals surface area (Å²) in [5, 5.41) is 6.45. The number of fused-ring (bicyclic) bond motifs is 1. The second-order valence-corrected chi connectivity index (χ2v) is 15.0. The number of benzene rings is 4. The SMILES string of the molecule is COc1ccc2c(c1)C(C)N(CCCC(CCCNC(=O)CCc1ccc(F)cc1)(c1ccccc1)c1ccccc1)C(C(=O)NCCN1CCCC1)C2. The highest BCUT2D eigenvalue weighted by Gasteiger charge is 2.38. The molecule has 54 heavy (non-hydrogen) atoms. The fourth-order valence-electron chi connectivity index (χ4n) is 8.67. The molecule has 2 atom stereocenters. The number of ether oxygens (including phenoxy) is 1. The summed E-state index contributed by atoms with van der Waals surface area (Å²) < 4.78 is 19.0. The van der Waals surface area contributed by atoms with Crippen molar-refractivity contribution < 1.29 is 18.7 Å².